The van der Waals surface area contributed by atoms with E-state index < -0.39 is 0 Å². The van der Waals surface area contributed by atoms with Crippen molar-refractivity contribution in [2.75, 3.05) is 11.9 Å². The number of rotatable bonds is 7. The molecular formula is C22H28N4O3. The lowest BCUT2D eigenvalue weighted by atomic mass is 9.82. The molecule has 2 aromatic rings. The molecule has 1 saturated carbocycles. The molecule has 3 rings (SSSR count). The topological polar surface area (TPSA) is 96.3 Å². The van der Waals surface area contributed by atoms with E-state index in [2.05, 4.69) is 22.3 Å². The zero-order valence-electron chi connectivity index (χ0n) is 16.9. The number of aromatic nitrogens is 2. The van der Waals surface area contributed by atoms with Crippen LogP contribution in [0, 0.1) is 5.92 Å². The monoisotopic (exact) mass is 396 g/mol. The van der Waals surface area contributed by atoms with Crippen LogP contribution >= 0.6 is 0 Å². The number of nitrogens with one attached hydrogen (secondary N) is 2. The molecule has 0 saturated heterocycles. The van der Waals surface area contributed by atoms with Crippen molar-refractivity contribution in [3.63, 3.8) is 0 Å². The average Bonchev–Trinajstić information content (AvgIpc) is 3.02. The fourth-order valence-electron chi connectivity index (χ4n) is 3.33. The van der Waals surface area contributed by atoms with E-state index in [-0.39, 0.29) is 23.6 Å². The molecule has 7 heteroatoms. The highest BCUT2D eigenvalue weighted by atomic mass is 16.3. The van der Waals surface area contributed by atoms with Gasteiger partial charge in [0.25, 0.3) is 0 Å². The molecule has 3 N–H and O–H groups in total. The molecule has 0 spiro atoms. The maximum atomic E-state index is 12.5. The van der Waals surface area contributed by atoms with Gasteiger partial charge in [0, 0.05) is 36.2 Å². The molecule has 1 aromatic heterocycles. The van der Waals surface area contributed by atoms with Gasteiger partial charge >= 0.3 is 6.03 Å². The van der Waals surface area contributed by atoms with Gasteiger partial charge in [-0.2, -0.15) is 9.78 Å². The van der Waals surface area contributed by atoms with Gasteiger partial charge in [0.15, 0.2) is 0 Å². The van der Waals surface area contributed by atoms with Crippen molar-refractivity contribution >= 4 is 17.6 Å². The summed E-state index contributed by atoms with van der Waals surface area (Å²) in [7, 11) is 0. The second kappa shape index (κ2) is 8.94. The van der Waals surface area contributed by atoms with Gasteiger partial charge in [0.2, 0.25) is 5.91 Å². The first kappa shape index (κ1) is 20.6. The summed E-state index contributed by atoms with van der Waals surface area (Å²) in [5, 5.41) is 20.5. The quantitative estimate of drug-likeness (QED) is 0.610. The Balaban J connectivity index is 1.86. The average molecular weight is 396 g/mol. The van der Waals surface area contributed by atoms with Crippen LogP contribution in [0.1, 0.15) is 51.1 Å². The lowest BCUT2D eigenvalue weighted by Crippen LogP contribution is -2.32. The zero-order chi connectivity index (χ0) is 21.0. The summed E-state index contributed by atoms with van der Waals surface area (Å²) >= 11 is 0. The minimum absolute atomic E-state index is 0.00339. The number of nitrogens with zero attached hydrogens (tertiary/aromatic N) is 2. The largest absolute Gasteiger partial charge is 0.507 e. The maximum absolute atomic E-state index is 12.5. The van der Waals surface area contributed by atoms with Crippen LogP contribution in [-0.2, 0) is 4.79 Å². The van der Waals surface area contributed by atoms with E-state index in [0.29, 0.717) is 35.8 Å². The van der Waals surface area contributed by atoms with Crippen molar-refractivity contribution in [1.82, 2.24) is 15.1 Å². The Morgan fingerprint density at radius 2 is 2.10 bits per heavy atom. The molecule has 1 aromatic carbocycles. The van der Waals surface area contributed by atoms with Crippen LogP contribution in [0.4, 0.5) is 10.5 Å². The van der Waals surface area contributed by atoms with Gasteiger partial charge < -0.3 is 15.7 Å². The van der Waals surface area contributed by atoms with Crippen LogP contribution in [-0.4, -0.2) is 33.4 Å². The van der Waals surface area contributed by atoms with Crippen molar-refractivity contribution in [1.29, 1.82) is 0 Å². The van der Waals surface area contributed by atoms with E-state index in [1.807, 2.05) is 19.9 Å². The molecule has 0 unspecified atom stereocenters. The predicted molar refractivity (Wildman–Crippen MR) is 113 cm³/mol. The molecule has 1 aliphatic carbocycles. The number of carbonyl (C=O) groups is 2. The number of benzene rings is 1. The third-order valence-electron chi connectivity index (χ3n) is 5.00. The van der Waals surface area contributed by atoms with E-state index in [4.69, 9.17) is 0 Å². The number of phenolic OH excluding ortho intramolecular Hbond substituents is 1. The molecule has 2 amide bonds. The highest BCUT2D eigenvalue weighted by Gasteiger charge is 2.27. The Kier molecular flexibility index (Phi) is 6.36. The smallest absolute Gasteiger partial charge is 0.342 e. The Labute approximate surface area is 170 Å². The molecule has 154 valence electrons. The van der Waals surface area contributed by atoms with E-state index in [0.717, 1.165) is 25.0 Å². The lowest BCUT2D eigenvalue weighted by Gasteiger charge is -2.25. The summed E-state index contributed by atoms with van der Waals surface area (Å²) in [6, 6.07) is 6.50. The normalized spacial score (nSPS) is 13.8. The van der Waals surface area contributed by atoms with Crippen LogP contribution in [0.15, 0.2) is 36.9 Å². The number of phenols is 1. The fraction of sp³-hybridized carbons (Fsp3) is 0.409. The molecule has 0 atom stereocenters. The standard InChI is InChI=1S/C22H28N4O3/c1-4-10-23-22(29)26-19(15-6-5-7-15)13-18(25-26)17-9-8-16(12-20(17)27)24-21(28)11-14(2)3/h4,8-9,12-15,27H,1,5-7,10-11H2,2-3H3,(H,23,29)(H,24,28). The van der Waals surface area contributed by atoms with E-state index in [1.165, 1.54) is 10.7 Å². The van der Waals surface area contributed by atoms with Gasteiger partial charge in [-0.05, 0) is 37.0 Å². The van der Waals surface area contributed by atoms with Gasteiger partial charge in [-0.25, -0.2) is 4.79 Å². The SMILES string of the molecule is C=CCNC(=O)n1nc(-c2ccc(NC(=O)CC(C)C)cc2O)cc1C1CCC1. The summed E-state index contributed by atoms with van der Waals surface area (Å²) in [4.78, 5) is 24.4. The summed E-state index contributed by atoms with van der Waals surface area (Å²) in [5.74, 6) is 0.456. The molecule has 0 bridgehead atoms. The molecule has 1 heterocycles. The first-order valence-corrected chi connectivity index (χ1v) is 10.0. The number of amides is 2. The molecule has 7 nitrogen and oxygen atoms in total. The number of anilines is 1. The summed E-state index contributed by atoms with van der Waals surface area (Å²) in [6.45, 7) is 7.92. The van der Waals surface area contributed by atoms with Crippen LogP contribution in [0.3, 0.4) is 0 Å². The highest BCUT2D eigenvalue weighted by Crippen LogP contribution is 2.39. The van der Waals surface area contributed by atoms with Gasteiger partial charge in [-0.1, -0.05) is 26.3 Å². The molecular weight excluding hydrogens is 368 g/mol. The summed E-state index contributed by atoms with van der Waals surface area (Å²) < 4.78 is 1.39. The van der Waals surface area contributed by atoms with Crippen molar-refractivity contribution in [2.45, 2.75) is 45.4 Å². The Bertz CT molecular complexity index is 913. The molecule has 0 radical (unpaired) electrons. The maximum Gasteiger partial charge on any atom is 0.342 e. The van der Waals surface area contributed by atoms with Crippen molar-refractivity contribution in [2.24, 2.45) is 5.92 Å². The molecule has 29 heavy (non-hydrogen) atoms. The highest BCUT2D eigenvalue weighted by molar-refractivity contribution is 5.91. The Hall–Kier alpha value is -3.09. The zero-order valence-corrected chi connectivity index (χ0v) is 16.9. The van der Waals surface area contributed by atoms with Gasteiger partial charge in [0.1, 0.15) is 5.75 Å². The van der Waals surface area contributed by atoms with Crippen LogP contribution < -0.4 is 10.6 Å². The Morgan fingerprint density at radius 1 is 1.34 bits per heavy atom. The lowest BCUT2D eigenvalue weighted by molar-refractivity contribution is -0.116. The van der Waals surface area contributed by atoms with Gasteiger partial charge in [0.05, 0.1) is 11.4 Å². The molecule has 0 aliphatic heterocycles. The number of carbonyl (C=O) groups excluding carboxylic acids is 2. The number of aromatic hydroxyl groups is 1. The second-order valence-electron chi connectivity index (χ2n) is 7.85. The van der Waals surface area contributed by atoms with Crippen molar-refractivity contribution < 1.29 is 14.7 Å². The fourth-order valence-corrected chi connectivity index (χ4v) is 3.33. The van der Waals surface area contributed by atoms with E-state index in [1.54, 1.807) is 18.2 Å². The van der Waals surface area contributed by atoms with E-state index >= 15 is 0 Å². The van der Waals surface area contributed by atoms with Crippen LogP contribution in [0.25, 0.3) is 11.3 Å². The molecule has 1 fully saturated rings. The number of hydrogen-bond acceptors (Lipinski definition) is 4. The first-order chi connectivity index (χ1) is 13.9. The Morgan fingerprint density at radius 3 is 2.69 bits per heavy atom. The number of hydrogen-bond donors (Lipinski definition) is 3. The summed E-state index contributed by atoms with van der Waals surface area (Å²) in [6.07, 6.45) is 5.20. The van der Waals surface area contributed by atoms with Crippen LogP contribution in [0.5, 0.6) is 5.75 Å². The predicted octanol–water partition coefficient (Wildman–Crippen LogP) is 4.25. The first-order valence-electron chi connectivity index (χ1n) is 10.0. The second-order valence-corrected chi connectivity index (χ2v) is 7.85. The van der Waals surface area contributed by atoms with E-state index in [9.17, 15) is 14.7 Å². The minimum Gasteiger partial charge on any atom is -0.507 e. The third-order valence-corrected chi connectivity index (χ3v) is 5.00. The van der Waals surface area contributed by atoms with Gasteiger partial charge in [-0.3, -0.25) is 4.79 Å². The van der Waals surface area contributed by atoms with Crippen LogP contribution in [0.2, 0.25) is 0 Å². The summed E-state index contributed by atoms with van der Waals surface area (Å²) in [5.41, 5.74) is 2.42. The minimum atomic E-state index is -0.310. The van der Waals surface area contributed by atoms with Crippen molar-refractivity contribution in [3.05, 3.63) is 42.6 Å². The third kappa shape index (κ3) is 4.85. The van der Waals surface area contributed by atoms with Crippen molar-refractivity contribution in [3.8, 4) is 17.0 Å². The molecule has 1 aliphatic rings. The van der Waals surface area contributed by atoms with Gasteiger partial charge in [-0.15, -0.1) is 6.58 Å².